The molecule has 2 fully saturated rings. The maximum Gasteiger partial charge on any atom is 0.573 e. The number of aromatic amines is 1. The number of halogens is 3. The van der Waals surface area contributed by atoms with E-state index in [1.807, 2.05) is 0 Å². The number of piperidine rings is 1. The highest BCUT2D eigenvalue weighted by Gasteiger charge is 2.37. The standard InChI is InChI=1S/C18H19F3N2O4/c19-18(20,21)27-15-6-3-4-12-11(15)10-13(22-12)16(24)23-7-2-1-5-14(23)17-25-8-9-26-17/h3-4,6,10,14,17,22H,1-2,5,7-9H2. The summed E-state index contributed by atoms with van der Waals surface area (Å²) in [6, 6.07) is 5.47. The molecule has 9 heteroatoms. The second-order valence-corrected chi connectivity index (χ2v) is 6.62. The molecule has 0 bridgehead atoms. The van der Waals surface area contributed by atoms with Crippen molar-refractivity contribution in [1.82, 2.24) is 9.88 Å². The van der Waals surface area contributed by atoms with Crippen molar-refractivity contribution in [3.63, 3.8) is 0 Å². The van der Waals surface area contributed by atoms with Crippen LogP contribution in [-0.2, 0) is 9.47 Å². The molecule has 27 heavy (non-hydrogen) atoms. The normalized spacial score (nSPS) is 21.7. The fraction of sp³-hybridized carbons (Fsp3) is 0.500. The van der Waals surface area contributed by atoms with Gasteiger partial charge in [0, 0.05) is 17.4 Å². The van der Waals surface area contributed by atoms with Crippen LogP contribution in [0.2, 0.25) is 0 Å². The summed E-state index contributed by atoms with van der Waals surface area (Å²) in [4.78, 5) is 17.7. The van der Waals surface area contributed by atoms with E-state index in [-0.39, 0.29) is 28.8 Å². The average Bonchev–Trinajstić information content (AvgIpc) is 3.30. The predicted molar refractivity (Wildman–Crippen MR) is 89.3 cm³/mol. The lowest BCUT2D eigenvalue weighted by Gasteiger charge is -2.37. The van der Waals surface area contributed by atoms with Gasteiger partial charge in [-0.15, -0.1) is 13.2 Å². The molecule has 1 aromatic carbocycles. The second kappa shape index (κ2) is 7.05. The Bertz CT molecular complexity index is 830. The lowest BCUT2D eigenvalue weighted by Crippen LogP contribution is -2.50. The first-order valence-electron chi connectivity index (χ1n) is 8.84. The number of likely N-dealkylation sites (tertiary alicyclic amines) is 1. The number of nitrogens with zero attached hydrogens (tertiary/aromatic N) is 1. The first kappa shape index (κ1) is 18.1. The minimum atomic E-state index is -4.80. The number of benzene rings is 1. The number of fused-ring (bicyclic) bond motifs is 1. The zero-order valence-corrected chi connectivity index (χ0v) is 14.4. The van der Waals surface area contributed by atoms with Crippen molar-refractivity contribution >= 4 is 16.8 Å². The number of carbonyl (C=O) groups excluding carboxylic acids is 1. The van der Waals surface area contributed by atoms with Gasteiger partial charge < -0.3 is 24.1 Å². The summed E-state index contributed by atoms with van der Waals surface area (Å²) in [6.45, 7) is 1.54. The zero-order chi connectivity index (χ0) is 19.0. The van der Waals surface area contributed by atoms with E-state index >= 15 is 0 Å². The van der Waals surface area contributed by atoms with E-state index < -0.39 is 12.7 Å². The van der Waals surface area contributed by atoms with Crippen LogP contribution in [0.4, 0.5) is 13.2 Å². The quantitative estimate of drug-likeness (QED) is 0.881. The third-order valence-corrected chi connectivity index (χ3v) is 4.85. The fourth-order valence-electron chi connectivity index (χ4n) is 3.70. The van der Waals surface area contributed by atoms with Gasteiger partial charge in [0.25, 0.3) is 5.91 Å². The molecule has 0 aliphatic carbocycles. The van der Waals surface area contributed by atoms with Crippen LogP contribution in [0.5, 0.6) is 5.75 Å². The Morgan fingerprint density at radius 1 is 1.22 bits per heavy atom. The van der Waals surface area contributed by atoms with E-state index in [9.17, 15) is 18.0 Å². The molecular weight excluding hydrogens is 365 g/mol. The Balaban J connectivity index is 1.62. The van der Waals surface area contributed by atoms with E-state index in [1.54, 1.807) is 11.0 Å². The highest BCUT2D eigenvalue weighted by atomic mass is 19.4. The summed E-state index contributed by atoms with van der Waals surface area (Å²) >= 11 is 0. The number of amides is 1. The van der Waals surface area contributed by atoms with Crippen LogP contribution in [0.25, 0.3) is 10.9 Å². The Morgan fingerprint density at radius 3 is 2.74 bits per heavy atom. The summed E-state index contributed by atoms with van der Waals surface area (Å²) in [7, 11) is 0. The number of hydrogen-bond acceptors (Lipinski definition) is 4. The summed E-state index contributed by atoms with van der Waals surface area (Å²) in [5, 5.41) is 0.208. The molecule has 2 aliphatic rings. The first-order chi connectivity index (χ1) is 12.9. The highest BCUT2D eigenvalue weighted by molar-refractivity contribution is 5.99. The number of H-pyrrole nitrogens is 1. The van der Waals surface area contributed by atoms with Crippen molar-refractivity contribution in [3.05, 3.63) is 30.0 Å². The van der Waals surface area contributed by atoms with Crippen LogP contribution < -0.4 is 4.74 Å². The molecule has 0 saturated carbocycles. The van der Waals surface area contributed by atoms with Crippen molar-refractivity contribution in [1.29, 1.82) is 0 Å². The van der Waals surface area contributed by atoms with Gasteiger partial charge in [-0.25, -0.2) is 0 Å². The van der Waals surface area contributed by atoms with Crippen molar-refractivity contribution < 1.29 is 32.2 Å². The van der Waals surface area contributed by atoms with Crippen molar-refractivity contribution in [2.75, 3.05) is 19.8 Å². The van der Waals surface area contributed by atoms with Gasteiger partial charge in [-0.1, -0.05) is 6.07 Å². The molecule has 4 rings (SSSR count). The number of ether oxygens (including phenoxy) is 3. The number of carbonyl (C=O) groups is 1. The third-order valence-electron chi connectivity index (χ3n) is 4.85. The van der Waals surface area contributed by atoms with Crippen LogP contribution in [0.3, 0.4) is 0 Å². The molecule has 1 atom stereocenters. The van der Waals surface area contributed by atoms with Crippen LogP contribution in [0.1, 0.15) is 29.8 Å². The minimum Gasteiger partial charge on any atom is -0.405 e. The molecule has 2 aromatic rings. The van der Waals surface area contributed by atoms with E-state index in [1.165, 1.54) is 18.2 Å². The zero-order valence-electron chi connectivity index (χ0n) is 14.4. The Morgan fingerprint density at radius 2 is 2.00 bits per heavy atom. The molecule has 1 unspecified atom stereocenters. The molecule has 1 N–H and O–H groups in total. The molecule has 6 nitrogen and oxygen atoms in total. The minimum absolute atomic E-state index is 0.203. The number of rotatable bonds is 3. The van der Waals surface area contributed by atoms with E-state index in [2.05, 4.69) is 9.72 Å². The largest absolute Gasteiger partial charge is 0.573 e. The van der Waals surface area contributed by atoms with Crippen LogP contribution in [0, 0.1) is 0 Å². The van der Waals surface area contributed by atoms with Gasteiger partial charge in [0.05, 0.1) is 19.3 Å². The SMILES string of the molecule is O=C(c1cc2c(OC(F)(F)F)cccc2[nH]1)N1CCCCC1C1OCCO1. The summed E-state index contributed by atoms with van der Waals surface area (Å²) in [6.07, 6.45) is -2.67. The van der Waals surface area contributed by atoms with Gasteiger partial charge >= 0.3 is 6.36 Å². The van der Waals surface area contributed by atoms with Gasteiger partial charge in [-0.2, -0.15) is 0 Å². The predicted octanol–water partition coefficient (Wildman–Crippen LogP) is 3.43. The number of nitrogens with one attached hydrogen (secondary N) is 1. The first-order valence-corrected chi connectivity index (χ1v) is 8.84. The Labute approximate surface area is 153 Å². The Hall–Kier alpha value is -2.26. The fourth-order valence-corrected chi connectivity index (χ4v) is 3.70. The maximum absolute atomic E-state index is 13.1. The number of hydrogen-bond donors (Lipinski definition) is 1. The molecule has 2 aliphatic heterocycles. The third kappa shape index (κ3) is 3.74. The van der Waals surface area contributed by atoms with E-state index in [4.69, 9.17) is 9.47 Å². The van der Waals surface area contributed by atoms with Gasteiger partial charge in [-0.3, -0.25) is 4.79 Å². The lowest BCUT2D eigenvalue weighted by molar-refractivity contribution is -0.274. The van der Waals surface area contributed by atoms with Gasteiger partial charge in [0.15, 0.2) is 6.29 Å². The van der Waals surface area contributed by atoms with Gasteiger partial charge in [-0.05, 0) is 37.5 Å². The smallest absolute Gasteiger partial charge is 0.405 e. The van der Waals surface area contributed by atoms with Gasteiger partial charge in [0.2, 0.25) is 0 Å². The van der Waals surface area contributed by atoms with E-state index in [0.29, 0.717) is 25.3 Å². The van der Waals surface area contributed by atoms with E-state index in [0.717, 1.165) is 19.3 Å². The molecule has 1 aromatic heterocycles. The van der Waals surface area contributed by atoms with Gasteiger partial charge in [0.1, 0.15) is 11.4 Å². The summed E-state index contributed by atoms with van der Waals surface area (Å²) in [5.74, 6) is -0.624. The van der Waals surface area contributed by atoms with Crippen LogP contribution >= 0.6 is 0 Å². The highest BCUT2D eigenvalue weighted by Crippen LogP contribution is 2.32. The number of alkyl halides is 3. The van der Waals surface area contributed by atoms with Crippen LogP contribution in [0.15, 0.2) is 24.3 Å². The van der Waals surface area contributed by atoms with Crippen molar-refractivity contribution in [2.24, 2.45) is 0 Å². The Kier molecular flexibility index (Phi) is 4.73. The van der Waals surface area contributed by atoms with Crippen molar-refractivity contribution in [2.45, 2.75) is 38.0 Å². The molecular formula is C18H19F3N2O4. The molecule has 146 valence electrons. The summed E-state index contributed by atoms with van der Waals surface area (Å²) in [5.41, 5.74) is 0.621. The molecule has 0 radical (unpaired) electrons. The second-order valence-electron chi connectivity index (χ2n) is 6.62. The lowest BCUT2D eigenvalue weighted by atomic mass is 10.0. The van der Waals surface area contributed by atoms with Crippen molar-refractivity contribution in [3.8, 4) is 5.75 Å². The molecule has 2 saturated heterocycles. The topological polar surface area (TPSA) is 63.8 Å². The molecule has 1 amide bonds. The molecule has 3 heterocycles. The number of aromatic nitrogens is 1. The summed E-state index contributed by atoms with van der Waals surface area (Å²) < 4.78 is 53.1. The monoisotopic (exact) mass is 384 g/mol. The average molecular weight is 384 g/mol. The maximum atomic E-state index is 13.1. The van der Waals surface area contributed by atoms with Crippen LogP contribution in [-0.4, -0.2) is 54.2 Å². The molecule has 0 spiro atoms.